The fourth-order valence-corrected chi connectivity index (χ4v) is 2.36. The normalized spacial score (nSPS) is 11.2. The van der Waals surface area contributed by atoms with Crippen LogP contribution in [-0.4, -0.2) is 40.4 Å². The Morgan fingerprint density at radius 3 is 3.12 bits per heavy atom. The standard InChI is InChI=1S/C11H15N3OS/c1-14(4-5-15)8-9-7-12-13-11(9)10-3-2-6-16-10/h2-3,6-7,15H,4-5,8H2,1H3,(H,12,13). The van der Waals surface area contributed by atoms with Gasteiger partial charge >= 0.3 is 0 Å². The summed E-state index contributed by atoms with van der Waals surface area (Å²) in [5.74, 6) is 0. The number of aromatic nitrogens is 2. The van der Waals surface area contributed by atoms with Crippen molar-refractivity contribution in [1.29, 1.82) is 0 Å². The van der Waals surface area contributed by atoms with Gasteiger partial charge in [-0.2, -0.15) is 5.10 Å². The number of nitrogens with one attached hydrogen (secondary N) is 1. The van der Waals surface area contributed by atoms with Gasteiger partial charge in [-0.1, -0.05) is 6.07 Å². The van der Waals surface area contributed by atoms with Gasteiger partial charge in [-0.15, -0.1) is 11.3 Å². The summed E-state index contributed by atoms with van der Waals surface area (Å²) in [4.78, 5) is 3.27. The van der Waals surface area contributed by atoms with E-state index in [9.17, 15) is 0 Å². The molecule has 2 heterocycles. The molecule has 0 saturated carbocycles. The highest BCUT2D eigenvalue weighted by Gasteiger charge is 2.10. The summed E-state index contributed by atoms with van der Waals surface area (Å²) in [7, 11) is 1.99. The molecule has 2 N–H and O–H groups in total. The lowest BCUT2D eigenvalue weighted by molar-refractivity contribution is 0.217. The molecule has 0 spiro atoms. The molecule has 2 rings (SSSR count). The van der Waals surface area contributed by atoms with E-state index in [0.717, 1.165) is 12.2 Å². The highest BCUT2D eigenvalue weighted by molar-refractivity contribution is 7.13. The van der Waals surface area contributed by atoms with E-state index in [1.807, 2.05) is 19.3 Å². The molecule has 0 fully saturated rings. The second-order valence-electron chi connectivity index (χ2n) is 3.71. The molecule has 86 valence electrons. The third-order valence-electron chi connectivity index (χ3n) is 2.41. The third-order valence-corrected chi connectivity index (χ3v) is 3.29. The van der Waals surface area contributed by atoms with Gasteiger partial charge in [0.1, 0.15) is 0 Å². The fraction of sp³-hybridized carbons (Fsp3) is 0.364. The van der Waals surface area contributed by atoms with Crippen LogP contribution in [0.1, 0.15) is 5.56 Å². The predicted octanol–water partition coefficient (Wildman–Crippen LogP) is 1.56. The Kier molecular flexibility index (Phi) is 3.71. The first kappa shape index (κ1) is 11.3. The Bertz CT molecular complexity index is 424. The zero-order chi connectivity index (χ0) is 11.4. The summed E-state index contributed by atoms with van der Waals surface area (Å²) < 4.78 is 0. The molecular weight excluding hydrogens is 222 g/mol. The Hall–Kier alpha value is -1.17. The van der Waals surface area contributed by atoms with E-state index in [2.05, 4.69) is 26.5 Å². The lowest BCUT2D eigenvalue weighted by atomic mass is 10.2. The first-order chi connectivity index (χ1) is 7.81. The fourth-order valence-electron chi connectivity index (χ4n) is 1.61. The van der Waals surface area contributed by atoms with Crippen molar-refractivity contribution in [2.75, 3.05) is 20.2 Å². The van der Waals surface area contributed by atoms with Crippen molar-refractivity contribution < 1.29 is 5.11 Å². The zero-order valence-corrected chi connectivity index (χ0v) is 10.00. The van der Waals surface area contributed by atoms with E-state index in [4.69, 9.17) is 5.11 Å². The van der Waals surface area contributed by atoms with Gasteiger partial charge < -0.3 is 5.11 Å². The van der Waals surface area contributed by atoms with E-state index in [1.165, 1.54) is 10.4 Å². The summed E-state index contributed by atoms with van der Waals surface area (Å²) >= 11 is 1.70. The van der Waals surface area contributed by atoms with E-state index in [-0.39, 0.29) is 6.61 Å². The van der Waals surface area contributed by atoms with Gasteiger partial charge in [-0.3, -0.25) is 10.00 Å². The number of rotatable bonds is 5. The number of aliphatic hydroxyl groups excluding tert-OH is 1. The molecule has 0 atom stereocenters. The molecule has 2 aromatic heterocycles. The summed E-state index contributed by atoms with van der Waals surface area (Å²) in [6.45, 7) is 1.65. The molecule has 0 bridgehead atoms. The molecule has 0 aliphatic rings. The topological polar surface area (TPSA) is 52.1 Å². The first-order valence-electron chi connectivity index (χ1n) is 5.17. The highest BCUT2D eigenvalue weighted by Crippen LogP contribution is 2.26. The van der Waals surface area contributed by atoms with Crippen molar-refractivity contribution in [1.82, 2.24) is 15.1 Å². The van der Waals surface area contributed by atoms with Crippen LogP contribution < -0.4 is 0 Å². The zero-order valence-electron chi connectivity index (χ0n) is 9.18. The molecular formula is C11H15N3OS. The quantitative estimate of drug-likeness (QED) is 0.830. The van der Waals surface area contributed by atoms with Gasteiger partial charge in [-0.05, 0) is 18.5 Å². The molecule has 0 amide bonds. The predicted molar refractivity (Wildman–Crippen MR) is 65.3 cm³/mol. The highest BCUT2D eigenvalue weighted by atomic mass is 32.1. The van der Waals surface area contributed by atoms with E-state index in [0.29, 0.717) is 6.54 Å². The minimum absolute atomic E-state index is 0.183. The second-order valence-corrected chi connectivity index (χ2v) is 4.66. The van der Waals surface area contributed by atoms with E-state index < -0.39 is 0 Å². The Balaban J connectivity index is 2.14. The van der Waals surface area contributed by atoms with Crippen molar-refractivity contribution in [2.24, 2.45) is 0 Å². The number of aromatic amines is 1. The summed E-state index contributed by atoms with van der Waals surface area (Å²) in [6, 6.07) is 4.11. The molecule has 4 nitrogen and oxygen atoms in total. The van der Waals surface area contributed by atoms with Crippen LogP contribution in [0.25, 0.3) is 10.6 Å². The molecule has 5 heteroatoms. The number of hydrogen-bond acceptors (Lipinski definition) is 4. The molecule has 16 heavy (non-hydrogen) atoms. The third kappa shape index (κ3) is 2.49. The second kappa shape index (κ2) is 5.25. The number of H-pyrrole nitrogens is 1. The van der Waals surface area contributed by atoms with Gasteiger partial charge in [0.2, 0.25) is 0 Å². The van der Waals surface area contributed by atoms with Crippen LogP contribution >= 0.6 is 11.3 Å². The Morgan fingerprint density at radius 1 is 1.56 bits per heavy atom. The van der Waals surface area contributed by atoms with Crippen LogP contribution in [-0.2, 0) is 6.54 Å². The van der Waals surface area contributed by atoms with E-state index in [1.54, 1.807) is 11.3 Å². The van der Waals surface area contributed by atoms with Gasteiger partial charge in [0, 0.05) is 18.7 Å². The smallest absolute Gasteiger partial charge is 0.0794 e. The van der Waals surface area contributed by atoms with Crippen LogP contribution in [0.2, 0.25) is 0 Å². The van der Waals surface area contributed by atoms with Gasteiger partial charge in [-0.25, -0.2) is 0 Å². The molecule has 2 aromatic rings. The van der Waals surface area contributed by atoms with Crippen LogP contribution in [0.3, 0.4) is 0 Å². The van der Waals surface area contributed by atoms with Crippen molar-refractivity contribution >= 4 is 11.3 Å². The lowest BCUT2D eigenvalue weighted by Gasteiger charge is -2.14. The average Bonchev–Trinajstić information content (AvgIpc) is 2.86. The van der Waals surface area contributed by atoms with Crippen molar-refractivity contribution in [3.8, 4) is 10.6 Å². The van der Waals surface area contributed by atoms with Crippen LogP contribution in [0.5, 0.6) is 0 Å². The SMILES string of the molecule is CN(CCO)Cc1cn[nH]c1-c1cccs1. The number of aliphatic hydroxyl groups is 1. The van der Waals surface area contributed by atoms with Crippen molar-refractivity contribution in [3.63, 3.8) is 0 Å². The summed E-state index contributed by atoms with van der Waals surface area (Å²) in [5, 5.41) is 18.0. The Morgan fingerprint density at radius 2 is 2.44 bits per heavy atom. The molecule has 0 radical (unpaired) electrons. The van der Waals surface area contributed by atoms with Crippen molar-refractivity contribution in [3.05, 3.63) is 29.3 Å². The maximum atomic E-state index is 8.86. The molecule has 0 aliphatic carbocycles. The van der Waals surface area contributed by atoms with Gasteiger partial charge in [0.05, 0.1) is 23.4 Å². The van der Waals surface area contributed by atoms with Crippen molar-refractivity contribution in [2.45, 2.75) is 6.54 Å². The summed E-state index contributed by atoms with van der Waals surface area (Å²) in [6.07, 6.45) is 1.85. The number of hydrogen-bond donors (Lipinski definition) is 2. The number of thiophene rings is 1. The largest absolute Gasteiger partial charge is 0.395 e. The number of nitrogens with zero attached hydrogens (tertiary/aromatic N) is 2. The molecule has 0 aliphatic heterocycles. The van der Waals surface area contributed by atoms with Gasteiger partial charge in [0.25, 0.3) is 0 Å². The monoisotopic (exact) mass is 237 g/mol. The number of likely N-dealkylation sites (N-methyl/N-ethyl adjacent to an activating group) is 1. The maximum absolute atomic E-state index is 8.86. The van der Waals surface area contributed by atoms with Crippen LogP contribution in [0.4, 0.5) is 0 Å². The van der Waals surface area contributed by atoms with Crippen LogP contribution in [0.15, 0.2) is 23.7 Å². The molecule has 0 unspecified atom stereocenters. The van der Waals surface area contributed by atoms with Gasteiger partial charge in [0.15, 0.2) is 0 Å². The van der Waals surface area contributed by atoms with E-state index >= 15 is 0 Å². The first-order valence-corrected chi connectivity index (χ1v) is 6.04. The minimum Gasteiger partial charge on any atom is -0.395 e. The van der Waals surface area contributed by atoms with Crippen LogP contribution in [0, 0.1) is 0 Å². The lowest BCUT2D eigenvalue weighted by Crippen LogP contribution is -2.21. The minimum atomic E-state index is 0.183. The molecule has 0 aromatic carbocycles. The Labute approximate surface area is 98.5 Å². The molecule has 0 saturated heterocycles. The maximum Gasteiger partial charge on any atom is 0.0794 e. The summed E-state index contributed by atoms with van der Waals surface area (Å²) in [5.41, 5.74) is 2.25. The average molecular weight is 237 g/mol.